The van der Waals surface area contributed by atoms with Gasteiger partial charge in [-0.2, -0.15) is 0 Å². The molecule has 1 aliphatic heterocycles. The zero-order chi connectivity index (χ0) is 29.5. The number of rotatable bonds is 9. The topological polar surface area (TPSA) is 94.4 Å². The highest BCUT2D eigenvalue weighted by molar-refractivity contribution is 14.1. The van der Waals surface area contributed by atoms with Crippen molar-refractivity contribution in [3.05, 3.63) is 109 Å². The molecule has 0 fully saturated rings. The van der Waals surface area contributed by atoms with Gasteiger partial charge in [0.05, 0.1) is 21.7 Å². The second-order valence-electron chi connectivity index (χ2n) is 8.77. The predicted molar refractivity (Wildman–Crippen MR) is 166 cm³/mol. The zero-order valence-corrected chi connectivity index (χ0v) is 25.5. The number of ether oxygens (including phenoxy) is 3. The van der Waals surface area contributed by atoms with Crippen LogP contribution in [0.15, 0.2) is 81.9 Å². The van der Waals surface area contributed by atoms with Crippen LogP contribution in [0.3, 0.4) is 0 Å². The van der Waals surface area contributed by atoms with Gasteiger partial charge >= 0.3 is 5.97 Å². The van der Waals surface area contributed by atoms with Crippen LogP contribution in [0.4, 0.5) is 4.39 Å². The lowest BCUT2D eigenvalue weighted by Gasteiger charge is -2.15. The number of benzene rings is 3. The van der Waals surface area contributed by atoms with E-state index >= 15 is 0 Å². The Bertz CT molecular complexity index is 1570. The number of thioether (sulfide) groups is 1. The molecule has 4 rings (SSSR count). The van der Waals surface area contributed by atoms with Crippen LogP contribution in [0.5, 0.6) is 11.5 Å². The van der Waals surface area contributed by atoms with Crippen LogP contribution in [0.25, 0.3) is 6.08 Å². The van der Waals surface area contributed by atoms with Crippen molar-refractivity contribution in [1.29, 1.82) is 0 Å². The van der Waals surface area contributed by atoms with Gasteiger partial charge in [0, 0.05) is 5.56 Å². The Morgan fingerprint density at radius 2 is 1.78 bits per heavy atom. The summed E-state index contributed by atoms with van der Waals surface area (Å²) in [4.78, 5) is 30.2. The molecule has 212 valence electrons. The summed E-state index contributed by atoms with van der Waals surface area (Å²) >= 11 is 3.13. The first-order valence-corrected chi connectivity index (χ1v) is 14.6. The highest BCUT2D eigenvalue weighted by Crippen LogP contribution is 2.41. The molecule has 1 aliphatic rings. The first kappa shape index (κ1) is 30.3. The van der Waals surface area contributed by atoms with Crippen LogP contribution in [-0.2, 0) is 16.1 Å². The smallest absolute Gasteiger partial charge is 0.344 e. The van der Waals surface area contributed by atoms with Crippen molar-refractivity contribution >= 4 is 57.3 Å². The number of carbonyl (C=O) groups is 2. The maximum absolute atomic E-state index is 13.3. The molecule has 0 radical (unpaired) electrons. The molecule has 3 aromatic rings. The lowest BCUT2D eigenvalue weighted by molar-refractivity contribution is -0.138. The third-order valence-electron chi connectivity index (χ3n) is 5.87. The molecule has 0 unspecified atom stereocenters. The summed E-state index contributed by atoms with van der Waals surface area (Å²) in [6.45, 7) is 5.99. The van der Waals surface area contributed by atoms with E-state index < -0.39 is 11.9 Å². The molecule has 0 bridgehead atoms. The van der Waals surface area contributed by atoms with Gasteiger partial charge in [0.2, 0.25) is 0 Å². The van der Waals surface area contributed by atoms with Crippen molar-refractivity contribution in [2.24, 2.45) is 4.99 Å². The molecule has 0 spiro atoms. The van der Waals surface area contributed by atoms with Crippen LogP contribution in [0, 0.1) is 16.3 Å². The number of amides is 1. The number of carbonyl (C=O) groups excluding carboxylic acids is 2. The highest BCUT2D eigenvalue weighted by Gasteiger charge is 2.34. The molecular weight excluding hydrogens is 660 g/mol. The minimum atomic E-state index is -0.772. The summed E-state index contributed by atoms with van der Waals surface area (Å²) in [6, 6.07) is 16.6. The monoisotopic (exact) mass is 687 g/mol. The van der Waals surface area contributed by atoms with Gasteiger partial charge < -0.3 is 19.3 Å². The Morgan fingerprint density at radius 1 is 1.05 bits per heavy atom. The predicted octanol–water partition coefficient (Wildman–Crippen LogP) is 7.42. The molecule has 3 aromatic carbocycles. The van der Waals surface area contributed by atoms with Gasteiger partial charge in [-0.3, -0.25) is 4.79 Å². The van der Waals surface area contributed by atoms with Crippen LogP contribution >= 0.6 is 34.4 Å². The first-order valence-electron chi connectivity index (χ1n) is 12.7. The second-order valence-corrected chi connectivity index (χ2v) is 11.0. The molecular formula is C31H27FINO6S. The number of aliphatic hydroxyl groups excluding tert-OH is 1. The molecule has 0 saturated carbocycles. The molecule has 7 nitrogen and oxygen atoms in total. The number of esters is 1. The van der Waals surface area contributed by atoms with Gasteiger partial charge in [0.15, 0.2) is 11.5 Å². The average molecular weight is 688 g/mol. The van der Waals surface area contributed by atoms with Gasteiger partial charge in [-0.1, -0.05) is 42.1 Å². The van der Waals surface area contributed by atoms with Crippen molar-refractivity contribution in [3.8, 4) is 11.5 Å². The summed E-state index contributed by atoms with van der Waals surface area (Å²) in [6.07, 6.45) is 1.68. The summed E-state index contributed by atoms with van der Waals surface area (Å²) in [5.74, 6) is -0.945. The zero-order valence-electron chi connectivity index (χ0n) is 22.6. The Morgan fingerprint density at radius 3 is 2.46 bits per heavy atom. The van der Waals surface area contributed by atoms with E-state index in [1.807, 2.05) is 19.1 Å². The quantitative estimate of drug-likeness (QED) is 0.185. The minimum absolute atomic E-state index is 0.0550. The fourth-order valence-electron chi connectivity index (χ4n) is 3.92. The van der Waals surface area contributed by atoms with Gasteiger partial charge in [-0.25, -0.2) is 14.2 Å². The maximum Gasteiger partial charge on any atom is 0.344 e. The van der Waals surface area contributed by atoms with Crippen LogP contribution in [-0.4, -0.2) is 35.2 Å². The van der Waals surface area contributed by atoms with Crippen molar-refractivity contribution < 1.29 is 33.3 Å². The van der Waals surface area contributed by atoms with E-state index in [1.54, 1.807) is 56.3 Å². The number of halogens is 2. The minimum Gasteiger partial charge on any atom is -0.506 e. The molecule has 1 amide bonds. The molecule has 41 heavy (non-hydrogen) atoms. The molecule has 1 heterocycles. The molecule has 0 aliphatic carbocycles. The van der Waals surface area contributed by atoms with Gasteiger partial charge in [0.25, 0.3) is 5.91 Å². The lowest BCUT2D eigenvalue weighted by Crippen LogP contribution is -2.14. The van der Waals surface area contributed by atoms with Gasteiger partial charge in [-0.05, 0) is 96.5 Å². The van der Waals surface area contributed by atoms with Crippen LogP contribution < -0.4 is 9.47 Å². The Kier molecular flexibility index (Phi) is 10.2. The van der Waals surface area contributed by atoms with Crippen LogP contribution in [0.1, 0.15) is 40.9 Å². The van der Waals surface area contributed by atoms with Crippen molar-refractivity contribution in [2.75, 3.05) is 13.2 Å². The van der Waals surface area contributed by atoms with E-state index in [0.29, 0.717) is 34.1 Å². The van der Waals surface area contributed by atoms with Crippen molar-refractivity contribution in [2.45, 2.75) is 27.4 Å². The molecule has 0 aromatic heterocycles. The normalized spacial score (nSPS) is 15.0. The van der Waals surface area contributed by atoms with Crippen molar-refractivity contribution in [3.63, 3.8) is 0 Å². The van der Waals surface area contributed by atoms with Gasteiger partial charge in [0.1, 0.15) is 28.8 Å². The maximum atomic E-state index is 13.3. The number of aliphatic imine (C=N–C) groups is 1. The lowest BCUT2D eigenvalue weighted by atomic mass is 10.1. The summed E-state index contributed by atoms with van der Waals surface area (Å²) < 4.78 is 31.0. The van der Waals surface area contributed by atoms with E-state index in [1.165, 1.54) is 12.1 Å². The third-order valence-corrected chi connectivity index (χ3v) is 7.70. The summed E-state index contributed by atoms with van der Waals surface area (Å²) in [5.41, 5.74) is 2.44. The van der Waals surface area contributed by atoms with E-state index in [0.717, 1.165) is 26.5 Å². The Hall–Kier alpha value is -3.64. The number of nitrogens with zero attached hydrogens (tertiary/aromatic N) is 1. The number of aryl methyl sites for hydroxylation is 1. The van der Waals surface area contributed by atoms with Crippen LogP contribution in [0.2, 0.25) is 0 Å². The molecule has 0 atom stereocenters. The third kappa shape index (κ3) is 7.36. The van der Waals surface area contributed by atoms with E-state index in [-0.39, 0.29) is 35.4 Å². The Balaban J connectivity index is 1.68. The number of aliphatic hydroxyl groups is 1. The average Bonchev–Trinajstić information content (AvgIpc) is 3.23. The Labute approximate surface area is 255 Å². The largest absolute Gasteiger partial charge is 0.506 e. The van der Waals surface area contributed by atoms with E-state index in [2.05, 4.69) is 27.6 Å². The van der Waals surface area contributed by atoms with Gasteiger partial charge in [-0.15, -0.1) is 0 Å². The standard InChI is InChI=1S/C31H27FINO6S/c1-4-38-24-15-20(14-23(33)28(24)40-17-19-10-12-21(32)13-11-19)16-25-27(35)26(31(37)39-5-2)30(41-25)34-29(36)22-9-7-6-8-18(22)3/h6-16,35H,4-5,17H2,1-3H3/b25-16-,34-30?. The van der Waals surface area contributed by atoms with E-state index in [9.17, 15) is 19.1 Å². The summed E-state index contributed by atoms with van der Waals surface area (Å²) in [5, 5.41) is 11.1. The SMILES string of the molecule is CCOC(=O)C1=C(O)/C(=C/c2cc(I)c(OCc3ccc(F)cc3)c(OCC)c2)SC1=NC(=O)c1ccccc1C. The number of hydrogen-bond acceptors (Lipinski definition) is 7. The molecule has 0 saturated heterocycles. The summed E-state index contributed by atoms with van der Waals surface area (Å²) in [7, 11) is 0. The van der Waals surface area contributed by atoms with Crippen molar-refractivity contribution in [1.82, 2.24) is 0 Å². The number of hydrogen-bond donors (Lipinski definition) is 1. The molecule has 1 N–H and O–H groups in total. The fourth-order valence-corrected chi connectivity index (χ4v) is 5.71. The molecule has 10 heteroatoms. The highest BCUT2D eigenvalue weighted by atomic mass is 127. The van der Waals surface area contributed by atoms with E-state index in [4.69, 9.17) is 14.2 Å². The first-order chi connectivity index (χ1) is 19.7. The fraction of sp³-hybridized carbons (Fsp3) is 0.194. The second kappa shape index (κ2) is 13.8.